The van der Waals surface area contributed by atoms with E-state index >= 15 is 0 Å². The highest BCUT2D eigenvalue weighted by Crippen LogP contribution is 2.64. The Morgan fingerprint density at radius 1 is 1.38 bits per heavy atom. The van der Waals surface area contributed by atoms with Gasteiger partial charge in [-0.1, -0.05) is 36.7 Å². The number of amides is 2. The zero-order valence-corrected chi connectivity index (χ0v) is 18.6. The Morgan fingerprint density at radius 3 is 2.69 bits per heavy atom. The smallest absolute Gasteiger partial charge is 0.310 e. The van der Waals surface area contributed by atoms with Crippen molar-refractivity contribution in [2.24, 2.45) is 11.8 Å². The van der Waals surface area contributed by atoms with Gasteiger partial charge >= 0.3 is 5.97 Å². The molecule has 172 valence electrons. The summed E-state index contributed by atoms with van der Waals surface area (Å²) in [5.41, 5.74) is -1.78. The van der Waals surface area contributed by atoms with Crippen LogP contribution in [0.5, 0.6) is 0 Å². The molecule has 3 fully saturated rings. The molecule has 2 bridgehead atoms. The van der Waals surface area contributed by atoms with Gasteiger partial charge in [0, 0.05) is 13.1 Å². The van der Waals surface area contributed by atoms with Crippen LogP contribution in [0.2, 0.25) is 5.02 Å². The van der Waals surface area contributed by atoms with Gasteiger partial charge in [0.05, 0.1) is 28.8 Å². The molecule has 1 aromatic carbocycles. The van der Waals surface area contributed by atoms with E-state index in [1.54, 1.807) is 30.3 Å². The zero-order valence-electron chi connectivity index (χ0n) is 17.9. The molecule has 0 aromatic heterocycles. The number of likely N-dealkylation sites (tertiary alicyclic amines) is 1. The predicted molar refractivity (Wildman–Crippen MR) is 117 cm³/mol. The number of hydrogen-bond donors (Lipinski definition) is 2. The second-order valence-electron chi connectivity index (χ2n) is 8.62. The number of aliphatic hydroxyl groups excluding tert-OH is 1. The number of ether oxygens (including phenoxy) is 1. The Labute approximate surface area is 191 Å². The summed E-state index contributed by atoms with van der Waals surface area (Å²) in [5.74, 6) is -4.01. The Balaban J connectivity index is 1.83. The van der Waals surface area contributed by atoms with Crippen LogP contribution in [0.15, 0.2) is 36.9 Å². The van der Waals surface area contributed by atoms with Crippen LogP contribution in [0.4, 0.5) is 5.69 Å². The van der Waals surface area contributed by atoms with Crippen molar-refractivity contribution in [3.63, 3.8) is 0 Å². The molecule has 3 aliphatic heterocycles. The molecule has 2 N–H and O–H groups in total. The average molecular weight is 463 g/mol. The number of benzene rings is 1. The first kappa shape index (κ1) is 22.8. The predicted octanol–water partition coefficient (Wildman–Crippen LogP) is 2.09. The molecule has 1 spiro atoms. The highest BCUT2D eigenvalue weighted by Gasteiger charge is 2.79. The number of carboxylic acid groups (broad SMARTS) is 1. The number of hydrogen-bond acceptors (Lipinski definition) is 5. The SMILES string of the molecule is C=CCN(C(=O)C1N(CCO)C(=O)[C@@H]2[C@@H](C(=O)O)[C@@]3(CC)CCC12O3)c1ccccc1Cl. The normalized spacial score (nSPS) is 32.8. The summed E-state index contributed by atoms with van der Waals surface area (Å²) >= 11 is 6.37. The summed E-state index contributed by atoms with van der Waals surface area (Å²) in [7, 11) is 0. The van der Waals surface area contributed by atoms with E-state index in [4.69, 9.17) is 16.3 Å². The summed E-state index contributed by atoms with van der Waals surface area (Å²) in [6.07, 6.45) is 2.83. The van der Waals surface area contributed by atoms with E-state index in [9.17, 15) is 24.6 Å². The largest absolute Gasteiger partial charge is 0.481 e. The second kappa shape index (κ2) is 8.17. The van der Waals surface area contributed by atoms with Crippen molar-refractivity contribution < 1.29 is 29.3 Å². The molecule has 8 nitrogen and oxygen atoms in total. The Morgan fingerprint density at radius 2 is 2.09 bits per heavy atom. The standard InChI is InChI=1S/C23H27ClN2O6/c1-3-11-25(15-8-6-5-7-14(15)24)20(29)18-23-10-9-22(4-2,32-23)17(21(30)31)16(23)19(28)26(18)12-13-27/h3,5-8,16-18,27H,1,4,9-13H2,2H3,(H,30,31)/t16-,17-,18?,22+,23?/m0/s1. The third-order valence-corrected chi connectivity index (χ3v) is 7.56. The number of carbonyl (C=O) groups is 3. The first-order valence-corrected chi connectivity index (χ1v) is 11.2. The van der Waals surface area contributed by atoms with Crippen LogP contribution < -0.4 is 4.90 Å². The number of carboxylic acids is 1. The quantitative estimate of drug-likeness (QED) is 0.573. The van der Waals surface area contributed by atoms with E-state index in [1.807, 2.05) is 6.92 Å². The molecule has 0 radical (unpaired) electrons. The maximum absolute atomic E-state index is 14.0. The van der Waals surface area contributed by atoms with E-state index in [0.29, 0.717) is 30.0 Å². The Hall–Kier alpha value is -2.42. The van der Waals surface area contributed by atoms with E-state index in [1.165, 1.54) is 9.80 Å². The van der Waals surface area contributed by atoms with E-state index in [-0.39, 0.29) is 19.7 Å². The van der Waals surface area contributed by atoms with Gasteiger partial charge < -0.3 is 24.7 Å². The van der Waals surface area contributed by atoms with Crippen LogP contribution in [-0.2, 0) is 19.1 Å². The number of carbonyl (C=O) groups excluding carboxylic acids is 2. The molecule has 2 amide bonds. The number of aliphatic hydroxyl groups is 1. The Bertz CT molecular complexity index is 970. The molecule has 3 aliphatic rings. The summed E-state index contributed by atoms with van der Waals surface area (Å²) in [6, 6.07) is 5.80. The average Bonchev–Trinajstić information content (AvgIpc) is 3.37. The molecule has 2 unspecified atom stereocenters. The molecular formula is C23H27ClN2O6. The maximum Gasteiger partial charge on any atom is 0.310 e. The van der Waals surface area contributed by atoms with Crippen LogP contribution >= 0.6 is 11.6 Å². The highest BCUT2D eigenvalue weighted by atomic mass is 35.5. The molecule has 0 aliphatic carbocycles. The Kier molecular flexibility index (Phi) is 5.81. The number of aliphatic carboxylic acids is 1. The first-order valence-electron chi connectivity index (χ1n) is 10.8. The topological polar surface area (TPSA) is 107 Å². The van der Waals surface area contributed by atoms with E-state index < -0.39 is 46.9 Å². The lowest BCUT2D eigenvalue weighted by molar-refractivity contribution is -0.155. The number of nitrogens with zero attached hydrogens (tertiary/aromatic N) is 2. The van der Waals surface area contributed by atoms with Gasteiger partial charge in [0.1, 0.15) is 17.6 Å². The summed E-state index contributed by atoms with van der Waals surface area (Å²) in [4.78, 5) is 42.5. The van der Waals surface area contributed by atoms with Crippen molar-refractivity contribution in [3.8, 4) is 0 Å². The van der Waals surface area contributed by atoms with Crippen molar-refractivity contribution in [1.29, 1.82) is 0 Å². The molecular weight excluding hydrogens is 436 g/mol. The van der Waals surface area contributed by atoms with Crippen LogP contribution in [0.3, 0.4) is 0 Å². The van der Waals surface area contributed by atoms with Gasteiger partial charge in [0.2, 0.25) is 5.91 Å². The highest BCUT2D eigenvalue weighted by molar-refractivity contribution is 6.34. The van der Waals surface area contributed by atoms with Crippen molar-refractivity contribution in [2.75, 3.05) is 24.6 Å². The fourth-order valence-electron chi connectivity index (χ4n) is 5.98. The lowest BCUT2D eigenvalue weighted by Gasteiger charge is -2.36. The van der Waals surface area contributed by atoms with Gasteiger partial charge in [-0.05, 0) is 31.4 Å². The van der Waals surface area contributed by atoms with Gasteiger partial charge in [-0.3, -0.25) is 14.4 Å². The second-order valence-corrected chi connectivity index (χ2v) is 9.02. The molecule has 9 heteroatoms. The van der Waals surface area contributed by atoms with Crippen molar-refractivity contribution >= 4 is 35.1 Å². The number of fused-ring (bicyclic) bond motifs is 1. The third-order valence-electron chi connectivity index (χ3n) is 7.24. The molecule has 0 saturated carbocycles. The minimum Gasteiger partial charge on any atom is -0.481 e. The lowest BCUT2D eigenvalue weighted by atomic mass is 9.65. The zero-order chi connectivity index (χ0) is 23.3. The van der Waals surface area contributed by atoms with Crippen LogP contribution in [0, 0.1) is 11.8 Å². The van der Waals surface area contributed by atoms with Crippen molar-refractivity contribution in [1.82, 2.24) is 4.90 Å². The van der Waals surface area contributed by atoms with Crippen LogP contribution in [-0.4, -0.2) is 69.8 Å². The molecule has 4 rings (SSSR count). The number of halogens is 1. The fourth-order valence-corrected chi connectivity index (χ4v) is 6.21. The first-order chi connectivity index (χ1) is 15.3. The fraction of sp³-hybridized carbons (Fsp3) is 0.522. The monoisotopic (exact) mass is 462 g/mol. The van der Waals surface area contributed by atoms with Crippen LogP contribution in [0.25, 0.3) is 0 Å². The lowest BCUT2D eigenvalue weighted by Crippen LogP contribution is -2.57. The molecule has 3 heterocycles. The van der Waals surface area contributed by atoms with Gasteiger partial charge in [-0.15, -0.1) is 6.58 Å². The number of β-amino-alcohol motifs (C(OH)–C–C–N with tert-alkyl or cyclic N) is 1. The van der Waals surface area contributed by atoms with Gasteiger partial charge in [0.15, 0.2) is 0 Å². The summed E-state index contributed by atoms with van der Waals surface area (Å²) in [6.45, 7) is 5.28. The number of rotatable bonds is 8. The third kappa shape index (κ3) is 3.00. The van der Waals surface area contributed by atoms with E-state index in [2.05, 4.69) is 6.58 Å². The maximum atomic E-state index is 14.0. The summed E-state index contributed by atoms with van der Waals surface area (Å²) < 4.78 is 6.44. The molecule has 1 aromatic rings. The molecule has 3 saturated heterocycles. The summed E-state index contributed by atoms with van der Waals surface area (Å²) in [5, 5.41) is 20.0. The molecule has 32 heavy (non-hydrogen) atoms. The van der Waals surface area contributed by atoms with Crippen molar-refractivity contribution in [3.05, 3.63) is 41.9 Å². The van der Waals surface area contributed by atoms with Crippen molar-refractivity contribution in [2.45, 2.75) is 43.4 Å². The number of anilines is 1. The minimum atomic E-state index is -1.26. The molecule has 5 atom stereocenters. The number of para-hydroxylation sites is 1. The van der Waals surface area contributed by atoms with E-state index in [0.717, 1.165) is 0 Å². The van der Waals surface area contributed by atoms with Gasteiger partial charge in [0.25, 0.3) is 5.91 Å². The van der Waals surface area contributed by atoms with Gasteiger partial charge in [-0.2, -0.15) is 0 Å². The van der Waals surface area contributed by atoms with Gasteiger partial charge in [-0.25, -0.2) is 0 Å². The minimum absolute atomic E-state index is 0.0905. The van der Waals surface area contributed by atoms with Crippen LogP contribution in [0.1, 0.15) is 26.2 Å².